The fourth-order valence-electron chi connectivity index (χ4n) is 1.82. The number of methoxy groups -OCH3 is 2. The molecule has 0 saturated heterocycles. The van der Waals surface area contributed by atoms with Crippen LogP contribution < -0.4 is 14.8 Å². The average molecular weight is 267 g/mol. The van der Waals surface area contributed by atoms with Crippen LogP contribution in [0.25, 0.3) is 0 Å². The molecule has 2 N–H and O–H groups in total. The molecule has 4 heteroatoms. The molecule has 1 atom stereocenters. The van der Waals surface area contributed by atoms with Gasteiger partial charge in [0.2, 0.25) is 0 Å². The molecule has 0 spiro atoms. The molecule has 1 rings (SSSR count). The van der Waals surface area contributed by atoms with Crippen LogP contribution >= 0.6 is 0 Å². The molecule has 0 saturated carbocycles. The highest BCUT2D eigenvalue weighted by Crippen LogP contribution is 2.29. The lowest BCUT2D eigenvalue weighted by atomic mass is 9.95. The smallest absolute Gasteiger partial charge is 0.122 e. The molecule has 19 heavy (non-hydrogen) atoms. The summed E-state index contributed by atoms with van der Waals surface area (Å²) in [6.07, 6.45) is 0. The molecule has 0 radical (unpaired) electrons. The minimum Gasteiger partial charge on any atom is -0.497 e. The maximum Gasteiger partial charge on any atom is 0.122 e. The van der Waals surface area contributed by atoms with E-state index in [1.807, 2.05) is 12.1 Å². The molecular weight excluding hydrogens is 242 g/mol. The first-order valence-electron chi connectivity index (χ1n) is 6.55. The van der Waals surface area contributed by atoms with Crippen molar-refractivity contribution in [1.82, 2.24) is 5.32 Å². The van der Waals surface area contributed by atoms with Gasteiger partial charge in [-0.15, -0.1) is 0 Å². The van der Waals surface area contributed by atoms with Gasteiger partial charge in [0.25, 0.3) is 0 Å². The number of nitrogens with one attached hydrogen (secondary N) is 1. The number of ether oxygens (including phenoxy) is 2. The number of hydrogen-bond donors (Lipinski definition) is 2. The largest absolute Gasteiger partial charge is 0.497 e. The lowest BCUT2D eigenvalue weighted by molar-refractivity contribution is 0.0559. The molecule has 0 aromatic heterocycles. The predicted octanol–water partition coefficient (Wildman–Crippen LogP) is 2.16. The molecule has 0 heterocycles. The lowest BCUT2D eigenvalue weighted by Crippen LogP contribution is -2.37. The first-order chi connectivity index (χ1) is 8.89. The Labute approximate surface area is 115 Å². The third kappa shape index (κ3) is 4.73. The summed E-state index contributed by atoms with van der Waals surface area (Å²) < 4.78 is 10.4. The Morgan fingerprint density at radius 2 is 1.68 bits per heavy atom. The molecule has 0 aliphatic rings. The van der Waals surface area contributed by atoms with Crippen molar-refractivity contribution in [2.75, 3.05) is 27.3 Å². The van der Waals surface area contributed by atoms with Gasteiger partial charge in [-0.2, -0.15) is 0 Å². The van der Waals surface area contributed by atoms with E-state index in [1.54, 1.807) is 27.2 Å². The second kappa shape index (κ2) is 6.78. The molecule has 0 amide bonds. The SMILES string of the molecule is COc1cc(OC)cc(C(C)(O)CNCC(C)C)c1. The van der Waals surface area contributed by atoms with Crippen LogP contribution in [-0.2, 0) is 5.60 Å². The Morgan fingerprint density at radius 1 is 1.16 bits per heavy atom. The summed E-state index contributed by atoms with van der Waals surface area (Å²) in [6.45, 7) is 7.42. The molecule has 0 aliphatic heterocycles. The van der Waals surface area contributed by atoms with Crippen LogP contribution in [0.15, 0.2) is 18.2 Å². The molecular formula is C15H25NO3. The summed E-state index contributed by atoms with van der Waals surface area (Å²) in [4.78, 5) is 0. The van der Waals surface area contributed by atoms with Gasteiger partial charge in [-0.05, 0) is 37.1 Å². The number of hydrogen-bond acceptors (Lipinski definition) is 4. The monoisotopic (exact) mass is 267 g/mol. The fourth-order valence-corrected chi connectivity index (χ4v) is 1.82. The van der Waals surface area contributed by atoms with Gasteiger partial charge in [0.05, 0.1) is 19.8 Å². The van der Waals surface area contributed by atoms with Crippen LogP contribution in [0.2, 0.25) is 0 Å². The van der Waals surface area contributed by atoms with Crippen molar-refractivity contribution in [3.63, 3.8) is 0 Å². The Kier molecular flexibility index (Phi) is 5.63. The van der Waals surface area contributed by atoms with Crippen LogP contribution in [0.4, 0.5) is 0 Å². The van der Waals surface area contributed by atoms with Gasteiger partial charge >= 0.3 is 0 Å². The van der Waals surface area contributed by atoms with E-state index in [9.17, 15) is 5.11 Å². The van der Waals surface area contributed by atoms with Crippen LogP contribution in [0.5, 0.6) is 11.5 Å². The first-order valence-corrected chi connectivity index (χ1v) is 6.55. The van der Waals surface area contributed by atoms with E-state index in [0.29, 0.717) is 24.0 Å². The molecule has 0 bridgehead atoms. The minimum absolute atomic E-state index is 0.488. The zero-order chi connectivity index (χ0) is 14.5. The van der Waals surface area contributed by atoms with Gasteiger partial charge in [0, 0.05) is 12.6 Å². The zero-order valence-corrected chi connectivity index (χ0v) is 12.5. The third-order valence-corrected chi connectivity index (χ3v) is 3.00. The highest BCUT2D eigenvalue weighted by molar-refractivity contribution is 5.40. The van der Waals surface area contributed by atoms with Gasteiger partial charge < -0.3 is 19.9 Å². The van der Waals surface area contributed by atoms with E-state index in [4.69, 9.17) is 9.47 Å². The quantitative estimate of drug-likeness (QED) is 0.795. The fraction of sp³-hybridized carbons (Fsp3) is 0.600. The van der Waals surface area contributed by atoms with E-state index >= 15 is 0 Å². The van der Waals surface area contributed by atoms with Crippen molar-refractivity contribution in [2.45, 2.75) is 26.4 Å². The standard InChI is InChI=1S/C15H25NO3/c1-11(2)9-16-10-15(3,17)12-6-13(18-4)8-14(7-12)19-5/h6-8,11,16-17H,9-10H2,1-5H3. The summed E-state index contributed by atoms with van der Waals surface area (Å²) in [7, 11) is 3.20. The topological polar surface area (TPSA) is 50.7 Å². The van der Waals surface area contributed by atoms with Gasteiger partial charge in [-0.1, -0.05) is 13.8 Å². The lowest BCUT2D eigenvalue weighted by Gasteiger charge is -2.26. The van der Waals surface area contributed by atoms with E-state index in [-0.39, 0.29) is 0 Å². The highest BCUT2D eigenvalue weighted by atomic mass is 16.5. The molecule has 1 aromatic carbocycles. The van der Waals surface area contributed by atoms with Crippen molar-refractivity contribution >= 4 is 0 Å². The number of aliphatic hydroxyl groups is 1. The molecule has 0 aliphatic carbocycles. The first kappa shape index (κ1) is 15.8. The van der Waals surface area contributed by atoms with Crippen molar-refractivity contribution in [1.29, 1.82) is 0 Å². The van der Waals surface area contributed by atoms with E-state index in [1.165, 1.54) is 0 Å². The van der Waals surface area contributed by atoms with Crippen molar-refractivity contribution in [3.05, 3.63) is 23.8 Å². The van der Waals surface area contributed by atoms with Crippen LogP contribution in [0.3, 0.4) is 0 Å². The Balaban J connectivity index is 2.86. The number of benzene rings is 1. The molecule has 1 aromatic rings. The molecule has 108 valence electrons. The maximum atomic E-state index is 10.6. The highest BCUT2D eigenvalue weighted by Gasteiger charge is 2.24. The van der Waals surface area contributed by atoms with Gasteiger partial charge in [-0.25, -0.2) is 0 Å². The zero-order valence-electron chi connectivity index (χ0n) is 12.5. The van der Waals surface area contributed by atoms with Gasteiger partial charge in [-0.3, -0.25) is 0 Å². The van der Waals surface area contributed by atoms with Crippen LogP contribution in [-0.4, -0.2) is 32.4 Å². The normalized spacial score (nSPS) is 14.3. The average Bonchev–Trinajstić information content (AvgIpc) is 2.37. The van der Waals surface area contributed by atoms with Crippen LogP contribution in [0.1, 0.15) is 26.3 Å². The molecule has 4 nitrogen and oxygen atoms in total. The van der Waals surface area contributed by atoms with Crippen LogP contribution in [0, 0.1) is 5.92 Å². The second-order valence-corrected chi connectivity index (χ2v) is 5.40. The van der Waals surface area contributed by atoms with Gasteiger partial charge in [0.15, 0.2) is 0 Å². The van der Waals surface area contributed by atoms with Crippen molar-refractivity contribution < 1.29 is 14.6 Å². The predicted molar refractivity (Wildman–Crippen MR) is 76.8 cm³/mol. The van der Waals surface area contributed by atoms with E-state index < -0.39 is 5.60 Å². The minimum atomic E-state index is -0.962. The Bertz CT molecular complexity index is 380. The third-order valence-electron chi connectivity index (χ3n) is 3.00. The van der Waals surface area contributed by atoms with E-state index in [0.717, 1.165) is 12.1 Å². The summed E-state index contributed by atoms with van der Waals surface area (Å²) in [5.41, 5.74) is -0.184. The second-order valence-electron chi connectivity index (χ2n) is 5.40. The van der Waals surface area contributed by atoms with Crippen molar-refractivity contribution in [2.24, 2.45) is 5.92 Å². The summed E-state index contributed by atoms with van der Waals surface area (Å²) in [5.74, 6) is 1.91. The van der Waals surface area contributed by atoms with Crippen molar-refractivity contribution in [3.8, 4) is 11.5 Å². The summed E-state index contributed by atoms with van der Waals surface area (Å²) >= 11 is 0. The van der Waals surface area contributed by atoms with E-state index in [2.05, 4.69) is 19.2 Å². The Hall–Kier alpha value is -1.26. The number of rotatable bonds is 7. The summed E-state index contributed by atoms with van der Waals surface area (Å²) in [6, 6.07) is 5.46. The maximum absolute atomic E-state index is 10.6. The molecule has 1 unspecified atom stereocenters. The molecule has 0 fully saturated rings. The van der Waals surface area contributed by atoms with Gasteiger partial charge in [0.1, 0.15) is 11.5 Å². The summed E-state index contributed by atoms with van der Waals surface area (Å²) in [5, 5.41) is 13.8. The Morgan fingerprint density at radius 3 is 2.11 bits per heavy atom.